The highest BCUT2D eigenvalue weighted by molar-refractivity contribution is 7.80. The van der Waals surface area contributed by atoms with Crippen molar-refractivity contribution >= 4 is 34.1 Å². The molecule has 2 aromatic heterocycles. The van der Waals surface area contributed by atoms with Gasteiger partial charge in [0, 0.05) is 18.0 Å². The smallest absolute Gasteiger partial charge is 0.170 e. The molecule has 0 saturated carbocycles. The molecule has 5 nitrogen and oxygen atoms in total. The predicted octanol–water partition coefficient (Wildman–Crippen LogP) is 2.71. The number of rotatable bonds is 4. The topological polar surface area (TPSA) is 54.8 Å². The summed E-state index contributed by atoms with van der Waals surface area (Å²) in [6.45, 7) is 7.14. The zero-order valence-corrected chi connectivity index (χ0v) is 12.3. The van der Waals surface area contributed by atoms with Crippen LogP contribution in [0.1, 0.15) is 33.2 Å². The van der Waals surface area contributed by atoms with E-state index in [-0.39, 0.29) is 0 Å². The Balaban J connectivity index is 2.16. The maximum absolute atomic E-state index is 5.20. The van der Waals surface area contributed by atoms with Gasteiger partial charge in [0.05, 0.1) is 18.1 Å². The fourth-order valence-electron chi connectivity index (χ4n) is 1.80. The van der Waals surface area contributed by atoms with Crippen LogP contribution in [0.15, 0.2) is 18.5 Å². The lowest BCUT2D eigenvalue weighted by molar-refractivity contribution is 0.546. The van der Waals surface area contributed by atoms with Crippen LogP contribution < -0.4 is 10.6 Å². The molecule has 2 N–H and O–H groups in total. The lowest BCUT2D eigenvalue weighted by Gasteiger charge is -2.10. The Morgan fingerprint density at radius 2 is 2.21 bits per heavy atom. The van der Waals surface area contributed by atoms with Crippen molar-refractivity contribution in [2.24, 2.45) is 0 Å². The minimum absolute atomic E-state index is 0.302. The third kappa shape index (κ3) is 3.20. The van der Waals surface area contributed by atoms with E-state index in [1.165, 1.54) is 0 Å². The monoisotopic (exact) mass is 277 g/mol. The standard InChI is InChI=1S/C13H19N5S/c1-4-5-14-13(19)17-11-6-10-7-16-18(9(2)3)12(10)15-8-11/h6-9H,4-5H2,1-3H3,(H2,14,17,19). The molecule has 0 fully saturated rings. The Morgan fingerprint density at radius 3 is 2.89 bits per heavy atom. The minimum atomic E-state index is 0.302. The van der Waals surface area contributed by atoms with Crippen molar-refractivity contribution in [3.8, 4) is 0 Å². The van der Waals surface area contributed by atoms with Gasteiger partial charge in [0.15, 0.2) is 10.8 Å². The molecule has 19 heavy (non-hydrogen) atoms. The van der Waals surface area contributed by atoms with Crippen LogP contribution in [-0.4, -0.2) is 26.4 Å². The number of fused-ring (bicyclic) bond motifs is 1. The van der Waals surface area contributed by atoms with Crippen molar-refractivity contribution in [2.75, 3.05) is 11.9 Å². The van der Waals surface area contributed by atoms with Crippen molar-refractivity contribution in [3.05, 3.63) is 18.5 Å². The van der Waals surface area contributed by atoms with E-state index in [0.717, 1.165) is 29.7 Å². The summed E-state index contributed by atoms with van der Waals surface area (Å²) >= 11 is 5.20. The van der Waals surface area contributed by atoms with Crippen molar-refractivity contribution < 1.29 is 0 Å². The molecule has 0 saturated heterocycles. The van der Waals surface area contributed by atoms with Gasteiger partial charge in [0.1, 0.15) is 0 Å². The first kappa shape index (κ1) is 13.7. The Morgan fingerprint density at radius 1 is 1.42 bits per heavy atom. The average Bonchev–Trinajstić information content (AvgIpc) is 2.79. The van der Waals surface area contributed by atoms with Gasteiger partial charge in [-0.3, -0.25) is 0 Å². The van der Waals surface area contributed by atoms with E-state index >= 15 is 0 Å². The summed E-state index contributed by atoms with van der Waals surface area (Å²) in [6, 6.07) is 2.31. The highest BCUT2D eigenvalue weighted by Crippen LogP contribution is 2.18. The van der Waals surface area contributed by atoms with Crippen LogP contribution in [0.5, 0.6) is 0 Å². The summed E-state index contributed by atoms with van der Waals surface area (Å²) in [4.78, 5) is 4.45. The van der Waals surface area contributed by atoms with Crippen molar-refractivity contribution in [3.63, 3.8) is 0 Å². The first-order valence-electron chi connectivity index (χ1n) is 6.50. The van der Waals surface area contributed by atoms with Gasteiger partial charge < -0.3 is 10.6 Å². The minimum Gasteiger partial charge on any atom is -0.362 e. The Kier molecular flexibility index (Phi) is 4.31. The van der Waals surface area contributed by atoms with Gasteiger partial charge >= 0.3 is 0 Å². The van der Waals surface area contributed by atoms with Crippen LogP contribution in [0.2, 0.25) is 0 Å². The largest absolute Gasteiger partial charge is 0.362 e. The quantitative estimate of drug-likeness (QED) is 0.842. The summed E-state index contributed by atoms with van der Waals surface area (Å²) < 4.78 is 1.91. The van der Waals surface area contributed by atoms with Crippen LogP contribution in [0.25, 0.3) is 11.0 Å². The van der Waals surface area contributed by atoms with Gasteiger partial charge in [0.25, 0.3) is 0 Å². The molecule has 0 spiro atoms. The lowest BCUT2D eigenvalue weighted by atomic mass is 10.3. The van der Waals surface area contributed by atoms with E-state index in [9.17, 15) is 0 Å². The molecule has 0 bridgehead atoms. The molecule has 2 rings (SSSR count). The highest BCUT2D eigenvalue weighted by Gasteiger charge is 2.08. The summed E-state index contributed by atoms with van der Waals surface area (Å²) in [7, 11) is 0. The van der Waals surface area contributed by atoms with Crippen molar-refractivity contribution in [1.29, 1.82) is 0 Å². The molecule has 0 unspecified atom stereocenters. The van der Waals surface area contributed by atoms with E-state index in [1.807, 2.05) is 16.9 Å². The molecule has 0 aromatic carbocycles. The number of nitrogens with one attached hydrogen (secondary N) is 2. The SMILES string of the molecule is CCCNC(=S)Nc1cnc2c(cnn2C(C)C)c1. The Hall–Kier alpha value is -1.69. The van der Waals surface area contributed by atoms with E-state index in [2.05, 4.69) is 41.5 Å². The van der Waals surface area contributed by atoms with Crippen LogP contribution in [0.4, 0.5) is 5.69 Å². The molecule has 0 radical (unpaired) electrons. The van der Waals surface area contributed by atoms with Crippen molar-refractivity contribution in [2.45, 2.75) is 33.2 Å². The molecule has 6 heteroatoms. The van der Waals surface area contributed by atoms with Gasteiger partial charge in [-0.25, -0.2) is 9.67 Å². The fraction of sp³-hybridized carbons (Fsp3) is 0.462. The summed E-state index contributed by atoms with van der Waals surface area (Å²) in [6.07, 6.45) is 4.65. The van der Waals surface area contributed by atoms with E-state index in [0.29, 0.717) is 11.2 Å². The zero-order chi connectivity index (χ0) is 13.8. The van der Waals surface area contributed by atoms with Gasteiger partial charge in [-0.15, -0.1) is 0 Å². The van der Waals surface area contributed by atoms with E-state index < -0.39 is 0 Å². The van der Waals surface area contributed by atoms with Crippen LogP contribution in [0.3, 0.4) is 0 Å². The first-order chi connectivity index (χ1) is 9.11. The summed E-state index contributed by atoms with van der Waals surface area (Å²) in [5, 5.41) is 12.2. The molecule has 0 aliphatic heterocycles. The molecule has 2 heterocycles. The highest BCUT2D eigenvalue weighted by atomic mass is 32.1. The lowest BCUT2D eigenvalue weighted by Crippen LogP contribution is -2.28. The molecule has 0 aliphatic rings. The second kappa shape index (κ2) is 5.97. The maximum Gasteiger partial charge on any atom is 0.170 e. The summed E-state index contributed by atoms with van der Waals surface area (Å²) in [5.74, 6) is 0. The normalized spacial score (nSPS) is 10.9. The molecule has 2 aromatic rings. The Labute approximate surface area is 118 Å². The van der Waals surface area contributed by atoms with Crippen LogP contribution in [-0.2, 0) is 0 Å². The van der Waals surface area contributed by atoms with E-state index in [4.69, 9.17) is 12.2 Å². The number of hydrogen-bond acceptors (Lipinski definition) is 3. The number of thiocarbonyl (C=S) groups is 1. The molecule has 0 amide bonds. The predicted molar refractivity (Wildman–Crippen MR) is 82.4 cm³/mol. The third-order valence-corrected chi connectivity index (χ3v) is 2.96. The molecule has 0 aliphatic carbocycles. The maximum atomic E-state index is 5.20. The number of anilines is 1. The summed E-state index contributed by atoms with van der Waals surface area (Å²) in [5.41, 5.74) is 1.78. The Bertz CT molecular complexity index is 575. The number of aromatic nitrogens is 3. The number of pyridine rings is 1. The molecular weight excluding hydrogens is 258 g/mol. The molecule has 0 atom stereocenters. The first-order valence-corrected chi connectivity index (χ1v) is 6.90. The zero-order valence-electron chi connectivity index (χ0n) is 11.5. The third-order valence-electron chi connectivity index (χ3n) is 2.72. The van der Waals surface area contributed by atoms with Gasteiger partial charge in [-0.1, -0.05) is 6.92 Å². The van der Waals surface area contributed by atoms with Gasteiger partial charge in [-0.05, 0) is 38.6 Å². The molecule has 102 valence electrons. The van der Waals surface area contributed by atoms with Gasteiger partial charge in [-0.2, -0.15) is 5.10 Å². The number of nitrogens with zero attached hydrogens (tertiary/aromatic N) is 3. The second-order valence-corrected chi connectivity index (χ2v) is 5.11. The van der Waals surface area contributed by atoms with Gasteiger partial charge in [0.2, 0.25) is 0 Å². The molecular formula is C13H19N5S. The second-order valence-electron chi connectivity index (χ2n) is 4.70. The van der Waals surface area contributed by atoms with Crippen molar-refractivity contribution in [1.82, 2.24) is 20.1 Å². The number of hydrogen-bond donors (Lipinski definition) is 2. The van der Waals surface area contributed by atoms with Crippen LogP contribution in [0, 0.1) is 0 Å². The van der Waals surface area contributed by atoms with E-state index in [1.54, 1.807) is 6.20 Å². The fourth-order valence-corrected chi connectivity index (χ4v) is 2.02. The average molecular weight is 277 g/mol. The van der Waals surface area contributed by atoms with Crippen LogP contribution >= 0.6 is 12.2 Å².